The van der Waals surface area contributed by atoms with E-state index in [1.54, 1.807) is 0 Å². The maximum absolute atomic E-state index is 17.7. The molecular formula is C37H42F2N2O19. The number of rotatable bonds is 17. The van der Waals surface area contributed by atoms with Crippen LogP contribution in [0.15, 0.2) is 35.9 Å². The van der Waals surface area contributed by atoms with E-state index in [2.05, 4.69) is 9.68 Å². The minimum atomic E-state index is -2.73. The number of unbranched alkanes of at least 4 members (excludes halogenated alkanes) is 1. The number of phenolic OH excluding ortho intramolecular Hbond substituents is 2. The Morgan fingerprint density at radius 2 is 1.57 bits per heavy atom. The fraction of sp³-hybridized carbons (Fsp3) is 0.595. The summed E-state index contributed by atoms with van der Waals surface area (Å²) >= 11 is 0. The van der Waals surface area contributed by atoms with Crippen LogP contribution in [0.4, 0.5) is 13.6 Å². The Labute approximate surface area is 338 Å². The molecule has 0 radical (unpaired) electrons. The highest BCUT2D eigenvalue weighted by Gasteiger charge is 2.79. The van der Waals surface area contributed by atoms with Gasteiger partial charge in [-0.15, -0.1) is 20.2 Å². The highest BCUT2D eigenvalue weighted by molar-refractivity contribution is 6.01. The molecule has 2 unspecified atom stereocenters. The van der Waals surface area contributed by atoms with E-state index in [9.17, 15) is 64.6 Å². The Bertz CT molecular complexity index is 1990. The van der Waals surface area contributed by atoms with Crippen molar-refractivity contribution in [2.45, 2.75) is 88.4 Å². The summed E-state index contributed by atoms with van der Waals surface area (Å²) in [4.78, 5) is 94.6. The second kappa shape index (κ2) is 17.3. The van der Waals surface area contributed by atoms with Gasteiger partial charge < -0.3 is 49.0 Å². The molecule has 0 aromatic heterocycles. The number of carbonyl (C=O) groups excluding carboxylic acids is 5. The summed E-state index contributed by atoms with van der Waals surface area (Å²) in [5.74, 6) is -9.76. The number of halogens is 2. The number of aromatic hydroxyl groups is 2. The quantitative estimate of drug-likeness (QED) is 0.0333. The zero-order valence-corrected chi connectivity index (χ0v) is 32.1. The third-order valence-electron chi connectivity index (χ3n) is 12.0. The van der Waals surface area contributed by atoms with Gasteiger partial charge in [0.25, 0.3) is 10.2 Å². The molecule has 0 spiro atoms. The molecule has 328 valence electrons. The minimum Gasteiger partial charge on any atom is -0.504 e. The third-order valence-corrected chi connectivity index (χ3v) is 12.0. The fourth-order valence-corrected chi connectivity index (χ4v) is 9.27. The van der Waals surface area contributed by atoms with E-state index in [4.69, 9.17) is 18.9 Å². The average molecular weight is 857 g/mol. The molecule has 3 fully saturated rings. The topological polar surface area (TPSA) is 308 Å². The Hall–Kier alpha value is -5.97. The Morgan fingerprint density at radius 3 is 2.23 bits per heavy atom. The molecule has 5 rings (SSSR count). The number of aliphatic hydroxyl groups is 2. The van der Waals surface area contributed by atoms with Gasteiger partial charge in [-0.25, -0.2) is 18.4 Å². The number of ketones is 2. The highest BCUT2D eigenvalue weighted by Crippen LogP contribution is 2.70. The first-order valence-corrected chi connectivity index (χ1v) is 18.6. The minimum absolute atomic E-state index is 0.135. The van der Waals surface area contributed by atoms with Gasteiger partial charge in [-0.05, 0) is 81.2 Å². The second-order valence-electron chi connectivity index (χ2n) is 15.3. The van der Waals surface area contributed by atoms with Crippen LogP contribution in [0.25, 0.3) is 0 Å². The number of alkyl halides is 2. The molecule has 4 aliphatic rings. The van der Waals surface area contributed by atoms with Gasteiger partial charge in [0, 0.05) is 23.2 Å². The number of esters is 2. The lowest BCUT2D eigenvalue weighted by Gasteiger charge is -2.63. The molecule has 21 nitrogen and oxygen atoms in total. The van der Waals surface area contributed by atoms with Crippen LogP contribution in [-0.4, -0.2) is 116 Å². The second-order valence-corrected chi connectivity index (χ2v) is 15.3. The average Bonchev–Trinajstić information content (AvgIpc) is 3.39. The zero-order chi connectivity index (χ0) is 44.4. The summed E-state index contributed by atoms with van der Waals surface area (Å²) in [5.41, 5.74) is -9.82. The van der Waals surface area contributed by atoms with E-state index < -0.39 is 154 Å². The summed E-state index contributed by atoms with van der Waals surface area (Å²) < 4.78 is 54.4. The Balaban J connectivity index is 1.38. The molecular weight excluding hydrogens is 814 g/mol. The normalized spacial score (nSPS) is 31.3. The third kappa shape index (κ3) is 8.14. The first kappa shape index (κ1) is 45.1. The van der Waals surface area contributed by atoms with Crippen molar-refractivity contribution >= 4 is 29.7 Å². The van der Waals surface area contributed by atoms with Crippen LogP contribution in [0, 0.1) is 42.9 Å². The number of nitrogens with zero attached hydrogens (tertiary/aromatic N) is 2. The molecule has 0 saturated heterocycles. The molecule has 4 aliphatic carbocycles. The van der Waals surface area contributed by atoms with Gasteiger partial charge in [-0.3, -0.25) is 14.4 Å². The molecule has 0 heterocycles. The monoisotopic (exact) mass is 856 g/mol. The zero-order valence-electron chi connectivity index (χ0n) is 32.1. The number of benzene rings is 1. The number of phenols is 2. The number of allylic oxidation sites excluding steroid dienone is 4. The van der Waals surface area contributed by atoms with E-state index in [1.807, 2.05) is 0 Å². The number of aliphatic hydroxyl groups excluding tert-OH is 2. The lowest BCUT2D eigenvalue weighted by Crippen LogP contribution is -2.71. The molecule has 0 bridgehead atoms. The van der Waals surface area contributed by atoms with Gasteiger partial charge in [0.15, 0.2) is 29.6 Å². The van der Waals surface area contributed by atoms with Crippen molar-refractivity contribution in [1.29, 1.82) is 0 Å². The first-order chi connectivity index (χ1) is 28.1. The molecule has 0 aliphatic heterocycles. The van der Waals surface area contributed by atoms with E-state index in [-0.39, 0.29) is 38.0 Å². The van der Waals surface area contributed by atoms with Crippen LogP contribution in [0.3, 0.4) is 0 Å². The van der Waals surface area contributed by atoms with Crippen LogP contribution in [0.2, 0.25) is 0 Å². The predicted octanol–water partition coefficient (Wildman–Crippen LogP) is 2.89. The van der Waals surface area contributed by atoms with Crippen LogP contribution in [0.1, 0.15) is 69.2 Å². The Kier molecular flexibility index (Phi) is 13.0. The van der Waals surface area contributed by atoms with Gasteiger partial charge in [0.1, 0.15) is 12.3 Å². The van der Waals surface area contributed by atoms with Crippen molar-refractivity contribution in [2.24, 2.45) is 22.7 Å². The van der Waals surface area contributed by atoms with Crippen molar-refractivity contribution < 1.29 is 92.0 Å². The van der Waals surface area contributed by atoms with Gasteiger partial charge >= 0.3 is 18.1 Å². The Morgan fingerprint density at radius 1 is 0.917 bits per heavy atom. The number of hydrogen-bond donors (Lipinski definition) is 4. The summed E-state index contributed by atoms with van der Waals surface area (Å²) in [6.07, 6.45) is -6.96. The molecule has 1 aromatic rings. The van der Waals surface area contributed by atoms with E-state index >= 15 is 8.78 Å². The van der Waals surface area contributed by atoms with Gasteiger partial charge in [0.05, 0.1) is 31.5 Å². The van der Waals surface area contributed by atoms with Gasteiger partial charge in [0.2, 0.25) is 17.1 Å². The summed E-state index contributed by atoms with van der Waals surface area (Å²) in [7, 11) is 0. The maximum Gasteiger partial charge on any atom is 0.514 e. The number of Topliss-reactive ketones (excluding diaryl/α,β-unsaturated/α-hetero) is 1. The SMILES string of the molecule is C[C@]12C=CC(=O)C=C1[C@@H](F)CC1C3C[C@@H](O)[C@](OC(=O)CCCO[N+](=O)[O-])(C(=O)COC(=O)Oc4cc(C(=O)OCCCCO[N+](=O)[O-])cc(O)c4O)[C@@]3(C)C[C@H](O)[C@@]12F. The van der Waals surface area contributed by atoms with E-state index in [0.717, 1.165) is 24.3 Å². The summed E-state index contributed by atoms with van der Waals surface area (Å²) in [5, 5.41) is 62.7. The molecule has 3 saturated carbocycles. The predicted molar refractivity (Wildman–Crippen MR) is 190 cm³/mol. The lowest BCUT2D eigenvalue weighted by atomic mass is 9.44. The molecule has 1 aromatic carbocycles. The van der Waals surface area contributed by atoms with Crippen LogP contribution < -0.4 is 4.74 Å². The van der Waals surface area contributed by atoms with Gasteiger partial charge in [-0.2, -0.15) is 0 Å². The van der Waals surface area contributed by atoms with Crippen molar-refractivity contribution in [3.05, 3.63) is 61.7 Å². The number of fused-ring (bicyclic) bond motifs is 5. The maximum atomic E-state index is 17.7. The fourth-order valence-electron chi connectivity index (χ4n) is 9.27. The summed E-state index contributed by atoms with van der Waals surface area (Å²) in [6.45, 7) is 0.185. The highest BCUT2D eigenvalue weighted by atomic mass is 19.1. The van der Waals surface area contributed by atoms with Crippen LogP contribution >= 0.6 is 0 Å². The van der Waals surface area contributed by atoms with Gasteiger partial charge in [-0.1, -0.05) is 13.0 Å². The molecule has 9 atom stereocenters. The standard InChI is InChI=1S/C37H42F2N2O19/c1-34-8-7-20(42)14-23(34)24(38)15-22-21-16-27(44)37(35(21,2)17-28(45)36(22,34)39,60-30(47)6-5-11-58-41(53)54)29(46)18-56-33(50)59-26-13-19(12-25(43)31(26)48)32(49)55-9-3-4-10-57-40(51)52/h7-8,12-14,21-22,24,27-28,43-45,48H,3-6,9-11,15-18H2,1-2H3/t21?,22?,24-,27+,28-,34-,35-,36-,37-/m0/s1. The molecule has 4 N–H and O–H groups in total. The number of ether oxygens (including phenoxy) is 4. The smallest absolute Gasteiger partial charge is 0.504 e. The van der Waals surface area contributed by atoms with E-state index in [0.29, 0.717) is 0 Å². The first-order valence-electron chi connectivity index (χ1n) is 18.6. The van der Waals surface area contributed by atoms with E-state index in [1.165, 1.54) is 19.9 Å². The molecule has 0 amide bonds. The van der Waals surface area contributed by atoms with Crippen LogP contribution in [-0.2, 0) is 38.3 Å². The van der Waals surface area contributed by atoms with Crippen molar-refractivity contribution in [3.63, 3.8) is 0 Å². The van der Waals surface area contributed by atoms with Crippen molar-refractivity contribution in [2.75, 3.05) is 26.4 Å². The molecule has 23 heteroatoms. The number of hydrogen-bond acceptors (Lipinski definition) is 19. The summed E-state index contributed by atoms with van der Waals surface area (Å²) in [6, 6.07) is 1.53. The number of carbonyl (C=O) groups is 5. The van der Waals surface area contributed by atoms with Crippen molar-refractivity contribution in [1.82, 2.24) is 0 Å². The van der Waals surface area contributed by atoms with Crippen molar-refractivity contribution in [3.8, 4) is 17.2 Å². The lowest BCUT2D eigenvalue weighted by molar-refractivity contribution is -0.757. The largest absolute Gasteiger partial charge is 0.514 e. The van der Waals surface area contributed by atoms with Crippen LogP contribution in [0.5, 0.6) is 17.2 Å². The molecule has 60 heavy (non-hydrogen) atoms.